The Hall–Kier alpha value is -3.50. The van der Waals surface area contributed by atoms with Crippen molar-refractivity contribution in [1.29, 1.82) is 0 Å². The second-order valence-electron chi connectivity index (χ2n) is 6.21. The van der Waals surface area contributed by atoms with Crippen LogP contribution in [0.3, 0.4) is 0 Å². The second-order valence-corrected chi connectivity index (χ2v) is 7.71. The molecule has 0 bridgehead atoms. The second kappa shape index (κ2) is 7.64. The van der Waals surface area contributed by atoms with Gasteiger partial charge < -0.3 is 10.2 Å². The van der Waals surface area contributed by atoms with Crippen molar-refractivity contribution in [2.24, 2.45) is 12.2 Å². The third-order valence-corrected chi connectivity index (χ3v) is 4.96. The van der Waals surface area contributed by atoms with Crippen molar-refractivity contribution in [3.8, 4) is 0 Å². The molecule has 0 aliphatic rings. The van der Waals surface area contributed by atoms with Crippen LogP contribution in [0.25, 0.3) is 10.9 Å². The molecule has 0 amide bonds. The van der Waals surface area contributed by atoms with Gasteiger partial charge in [0.25, 0.3) is 0 Å². The molecule has 0 saturated heterocycles. The fraction of sp³-hybridized carbons (Fsp3) is 0.190. The standard InChI is InChI=1S/C21H23N7O2S/c1-13-5-6-15(11-19(13)31(22,29)30)24-21-23-10-9-20(25-21)27(3)16-7-8-17-14(2)28(4)26-18(17)12-16/h5-12H,1-4H3,(H2,22,29,30)(H,23,24,25)/i1D3,2D3,5D,6D,7D,8D,9D,10D,11D,12D. The van der Waals surface area contributed by atoms with Crippen LogP contribution in [0.4, 0.5) is 23.1 Å². The molecule has 0 atom stereocenters. The van der Waals surface area contributed by atoms with E-state index >= 15 is 0 Å². The van der Waals surface area contributed by atoms with Crippen LogP contribution >= 0.6 is 0 Å². The maximum absolute atomic E-state index is 12.3. The maximum atomic E-state index is 12.3. The summed E-state index contributed by atoms with van der Waals surface area (Å²) in [7, 11) is -2.39. The lowest BCUT2D eigenvalue weighted by atomic mass is 10.2. The Labute approximate surface area is 200 Å². The molecule has 31 heavy (non-hydrogen) atoms. The Morgan fingerprint density at radius 3 is 2.77 bits per heavy atom. The largest absolute Gasteiger partial charge is 0.329 e. The SMILES string of the molecule is [2H]c1nc(Nc2c([2H])c([2H])c(C([2H])([2H])[2H])c(S(N)(=O)=O)c2[2H])nc(N(C)c2c([2H])c([2H])c3c(C([2H])([2H])[2H])n(C)nc3c2[2H])c1[2H]. The number of fused-ring (bicyclic) bond motifs is 1. The average molecular weight is 452 g/mol. The third-order valence-electron chi connectivity index (χ3n) is 4.08. The zero-order chi connectivity index (χ0) is 34.3. The summed E-state index contributed by atoms with van der Waals surface area (Å²) in [6, 6.07) is -5.50. The highest BCUT2D eigenvalue weighted by atomic mass is 32.2. The first-order chi connectivity index (χ1) is 20.4. The van der Waals surface area contributed by atoms with Crippen LogP contribution in [0.5, 0.6) is 0 Å². The Bertz CT molecular complexity index is 2010. The number of sulfonamides is 1. The minimum atomic E-state index is -4.93. The van der Waals surface area contributed by atoms with Gasteiger partial charge in [0.2, 0.25) is 16.0 Å². The van der Waals surface area contributed by atoms with Crippen molar-refractivity contribution in [3.63, 3.8) is 0 Å². The number of aromatic nitrogens is 4. The summed E-state index contributed by atoms with van der Waals surface area (Å²) < 4.78 is 139. The average Bonchev–Trinajstić information content (AvgIpc) is 3.25. The van der Waals surface area contributed by atoms with E-state index in [0.717, 1.165) is 9.58 Å². The van der Waals surface area contributed by atoms with Crippen molar-refractivity contribution in [2.45, 2.75) is 18.6 Å². The Kier molecular flexibility index (Phi) is 2.40. The minimum Gasteiger partial charge on any atom is -0.329 e. The predicted octanol–water partition coefficient (Wildman–Crippen LogP) is 3.14. The molecule has 0 aliphatic carbocycles. The molecule has 2 aromatic carbocycles. The summed E-state index contributed by atoms with van der Waals surface area (Å²) in [5, 5.41) is 11.3. The molecule has 10 heteroatoms. The van der Waals surface area contributed by atoms with Gasteiger partial charge in [0.15, 0.2) is 0 Å². The quantitative estimate of drug-likeness (QED) is 0.478. The van der Waals surface area contributed by atoms with Gasteiger partial charge in [-0.2, -0.15) is 10.1 Å². The van der Waals surface area contributed by atoms with E-state index < -0.39 is 100 Å². The molecule has 4 aromatic rings. The lowest BCUT2D eigenvalue weighted by Crippen LogP contribution is -2.14. The van der Waals surface area contributed by atoms with Gasteiger partial charge in [-0.25, -0.2) is 18.5 Å². The lowest BCUT2D eigenvalue weighted by Gasteiger charge is -2.19. The van der Waals surface area contributed by atoms with E-state index in [2.05, 4.69) is 20.4 Å². The number of hydrogen-bond acceptors (Lipinski definition) is 7. The first-order valence-corrected chi connectivity index (χ1v) is 9.95. The monoisotopic (exact) mass is 451 g/mol. The zero-order valence-electron chi connectivity index (χ0n) is 30.0. The molecule has 4 rings (SSSR count). The van der Waals surface area contributed by atoms with Crippen LogP contribution in [0.1, 0.15) is 30.4 Å². The Balaban J connectivity index is 1.94. The van der Waals surface area contributed by atoms with Gasteiger partial charge in [0, 0.05) is 50.9 Å². The van der Waals surface area contributed by atoms with Crippen molar-refractivity contribution >= 4 is 44.1 Å². The summed E-state index contributed by atoms with van der Waals surface area (Å²) in [5.41, 5.74) is -2.85. The minimum absolute atomic E-state index is 0.234. The number of primary sulfonamides is 1. The summed E-state index contributed by atoms with van der Waals surface area (Å²) in [5.74, 6) is -1.09. The molecule has 0 saturated carbocycles. The number of nitrogens with zero attached hydrogens (tertiary/aromatic N) is 5. The summed E-state index contributed by atoms with van der Waals surface area (Å²) in [6.07, 6.45) is -0.767. The Morgan fingerprint density at radius 1 is 1.19 bits per heavy atom. The van der Waals surface area contributed by atoms with Crippen LogP contribution in [0.15, 0.2) is 53.4 Å². The van der Waals surface area contributed by atoms with E-state index in [1.54, 1.807) is 0 Å². The van der Waals surface area contributed by atoms with Crippen molar-refractivity contribution in [3.05, 3.63) is 59.7 Å². The highest BCUT2D eigenvalue weighted by Gasteiger charge is 2.14. The van der Waals surface area contributed by atoms with E-state index in [4.69, 9.17) is 24.3 Å². The number of nitrogens with one attached hydrogen (secondary N) is 1. The zero-order valence-corrected chi connectivity index (χ0v) is 16.9. The number of rotatable bonds is 5. The molecule has 2 heterocycles. The molecule has 0 radical (unpaired) electrons. The van der Waals surface area contributed by atoms with Crippen molar-refractivity contribution in [1.82, 2.24) is 19.7 Å². The summed E-state index contributed by atoms with van der Waals surface area (Å²) >= 11 is 0. The van der Waals surface area contributed by atoms with Gasteiger partial charge in [0.1, 0.15) is 5.82 Å². The van der Waals surface area contributed by atoms with Crippen molar-refractivity contribution < 1.29 is 27.6 Å². The van der Waals surface area contributed by atoms with Gasteiger partial charge >= 0.3 is 0 Å². The smallest absolute Gasteiger partial charge is 0.238 e. The molecule has 0 spiro atoms. The molecule has 160 valence electrons. The van der Waals surface area contributed by atoms with Gasteiger partial charge in [-0.3, -0.25) is 4.68 Å². The highest BCUT2D eigenvalue weighted by molar-refractivity contribution is 7.89. The normalized spacial score (nSPS) is 18.9. The molecule has 0 fully saturated rings. The van der Waals surface area contributed by atoms with Crippen LogP contribution in [-0.2, 0) is 17.1 Å². The van der Waals surface area contributed by atoms with Gasteiger partial charge in [-0.1, -0.05) is 6.04 Å². The Morgan fingerprint density at radius 2 is 2.03 bits per heavy atom. The van der Waals surface area contributed by atoms with E-state index in [9.17, 15) is 8.42 Å². The first kappa shape index (κ1) is 9.75. The highest BCUT2D eigenvalue weighted by Crippen LogP contribution is 2.28. The predicted molar refractivity (Wildman–Crippen MR) is 121 cm³/mol. The topological polar surface area (TPSA) is 119 Å². The van der Waals surface area contributed by atoms with E-state index in [1.165, 1.54) is 14.1 Å². The van der Waals surface area contributed by atoms with Gasteiger partial charge in [0.05, 0.1) is 21.4 Å². The van der Waals surface area contributed by atoms with E-state index in [-0.39, 0.29) is 22.3 Å². The number of aryl methyl sites for hydroxylation is 2. The number of benzene rings is 2. The van der Waals surface area contributed by atoms with Gasteiger partial charge in [-0.15, -0.1) is 0 Å². The van der Waals surface area contributed by atoms with Crippen LogP contribution in [0.2, 0.25) is 0 Å². The van der Waals surface area contributed by atoms with Crippen molar-refractivity contribution in [2.75, 3.05) is 17.3 Å². The summed E-state index contributed by atoms with van der Waals surface area (Å²) in [4.78, 5) is 7.54. The molecule has 3 N–H and O–H groups in total. The fourth-order valence-electron chi connectivity index (χ4n) is 2.54. The van der Waals surface area contributed by atoms with Gasteiger partial charge in [-0.05, 0) is 55.5 Å². The molecular weight excluding hydrogens is 414 g/mol. The molecule has 2 aromatic heterocycles. The number of hydrogen-bond donors (Lipinski definition) is 2. The molecular formula is C21H23N7O2S. The third kappa shape index (κ3) is 4.07. The lowest BCUT2D eigenvalue weighted by molar-refractivity contribution is 0.597. The molecule has 0 unspecified atom stereocenters. The van der Waals surface area contributed by atoms with E-state index in [0.29, 0.717) is 0 Å². The van der Waals surface area contributed by atoms with Crippen LogP contribution < -0.4 is 15.4 Å². The number of anilines is 4. The molecule has 0 aliphatic heterocycles. The van der Waals surface area contributed by atoms with Crippen LogP contribution in [-0.4, -0.2) is 35.2 Å². The fourth-order valence-corrected chi connectivity index (χ4v) is 3.12. The first-order valence-electron chi connectivity index (χ1n) is 15.4. The molecule has 9 nitrogen and oxygen atoms in total. The number of nitrogens with two attached hydrogens (primary N) is 1. The van der Waals surface area contributed by atoms with Crippen LogP contribution in [0, 0.1) is 13.7 Å². The maximum Gasteiger partial charge on any atom is 0.238 e. The summed E-state index contributed by atoms with van der Waals surface area (Å²) in [6.45, 7) is -5.97. The van der Waals surface area contributed by atoms with E-state index in [1.807, 2.05) is 0 Å².